The SMILES string of the molecule is CCOC(=O)C(CCCOC1CCCCO1)(C(=O)CC)c1ccccc1. The van der Waals surface area contributed by atoms with E-state index in [4.69, 9.17) is 14.2 Å². The third-order valence-corrected chi connectivity index (χ3v) is 4.83. The minimum absolute atomic E-state index is 0.115. The first-order valence-electron chi connectivity index (χ1n) is 9.64. The molecule has 2 rings (SSSR count). The van der Waals surface area contributed by atoms with E-state index in [9.17, 15) is 9.59 Å². The molecule has 1 aromatic rings. The maximum atomic E-state index is 12.9. The third-order valence-electron chi connectivity index (χ3n) is 4.83. The molecule has 1 saturated heterocycles. The summed E-state index contributed by atoms with van der Waals surface area (Å²) in [6.07, 6.45) is 4.14. The van der Waals surface area contributed by atoms with Crippen molar-refractivity contribution in [1.82, 2.24) is 0 Å². The fourth-order valence-corrected chi connectivity index (χ4v) is 3.45. The van der Waals surface area contributed by atoms with E-state index in [2.05, 4.69) is 0 Å². The summed E-state index contributed by atoms with van der Waals surface area (Å²) in [5.41, 5.74) is -0.567. The first-order chi connectivity index (χ1) is 12.6. The minimum atomic E-state index is -1.26. The number of Topliss-reactive ketones (excluding diaryl/α,β-unsaturated/α-hetero) is 1. The number of rotatable bonds is 10. The topological polar surface area (TPSA) is 61.8 Å². The maximum absolute atomic E-state index is 12.9. The molecule has 5 heteroatoms. The van der Waals surface area contributed by atoms with E-state index in [-0.39, 0.29) is 25.1 Å². The lowest BCUT2D eigenvalue weighted by molar-refractivity contribution is -0.164. The second-order valence-corrected chi connectivity index (χ2v) is 6.54. The van der Waals surface area contributed by atoms with Gasteiger partial charge in [0, 0.05) is 19.6 Å². The van der Waals surface area contributed by atoms with Crippen LogP contribution >= 0.6 is 0 Å². The van der Waals surface area contributed by atoms with Crippen LogP contribution in [0.4, 0.5) is 0 Å². The van der Waals surface area contributed by atoms with Crippen LogP contribution in [0.1, 0.15) is 57.9 Å². The zero-order chi connectivity index (χ0) is 18.8. The summed E-state index contributed by atoms with van der Waals surface area (Å²) < 4.78 is 16.7. The Morgan fingerprint density at radius 1 is 1.19 bits per heavy atom. The molecule has 144 valence electrons. The standard InChI is InChI=1S/C21H30O5/c1-3-18(22)21(20(23)24-4-2,17-11-6-5-7-12-17)14-10-16-26-19-13-8-9-15-25-19/h5-7,11-12,19H,3-4,8-10,13-16H2,1-2H3. The van der Waals surface area contributed by atoms with E-state index in [1.807, 2.05) is 30.3 Å². The summed E-state index contributed by atoms with van der Waals surface area (Å²) >= 11 is 0. The summed E-state index contributed by atoms with van der Waals surface area (Å²) in [4.78, 5) is 25.7. The van der Waals surface area contributed by atoms with Crippen molar-refractivity contribution in [3.05, 3.63) is 35.9 Å². The van der Waals surface area contributed by atoms with Crippen molar-refractivity contribution in [2.24, 2.45) is 0 Å². The average Bonchev–Trinajstić information content (AvgIpc) is 2.69. The van der Waals surface area contributed by atoms with Crippen molar-refractivity contribution >= 4 is 11.8 Å². The highest BCUT2D eigenvalue weighted by atomic mass is 16.7. The molecule has 26 heavy (non-hydrogen) atoms. The Labute approximate surface area is 156 Å². The predicted molar refractivity (Wildman–Crippen MR) is 98.8 cm³/mol. The zero-order valence-corrected chi connectivity index (χ0v) is 15.9. The number of benzene rings is 1. The van der Waals surface area contributed by atoms with E-state index in [0.29, 0.717) is 25.0 Å². The van der Waals surface area contributed by atoms with Gasteiger partial charge in [0.15, 0.2) is 17.5 Å². The van der Waals surface area contributed by atoms with Gasteiger partial charge in [-0.05, 0) is 44.6 Å². The van der Waals surface area contributed by atoms with Gasteiger partial charge in [-0.2, -0.15) is 0 Å². The number of hydrogen-bond donors (Lipinski definition) is 0. The number of ketones is 1. The summed E-state index contributed by atoms with van der Waals surface area (Å²) in [7, 11) is 0. The van der Waals surface area contributed by atoms with Gasteiger partial charge in [0.05, 0.1) is 6.61 Å². The average molecular weight is 362 g/mol. The Hall–Kier alpha value is -1.72. The van der Waals surface area contributed by atoms with Crippen molar-refractivity contribution < 1.29 is 23.8 Å². The van der Waals surface area contributed by atoms with Crippen LogP contribution in [0.25, 0.3) is 0 Å². The molecule has 0 amide bonds. The predicted octanol–water partition coefficient (Wildman–Crippen LogP) is 3.79. The number of carbonyl (C=O) groups excluding carboxylic acids is 2. The molecule has 2 unspecified atom stereocenters. The Balaban J connectivity index is 2.13. The molecule has 5 nitrogen and oxygen atoms in total. The Bertz CT molecular complexity index is 565. The van der Waals surface area contributed by atoms with Gasteiger partial charge in [0.2, 0.25) is 0 Å². The lowest BCUT2D eigenvalue weighted by Gasteiger charge is -2.31. The molecule has 0 aliphatic carbocycles. The van der Waals surface area contributed by atoms with Crippen LogP contribution in [0, 0.1) is 0 Å². The summed E-state index contributed by atoms with van der Waals surface area (Å²) in [5, 5.41) is 0. The molecule has 0 aromatic heterocycles. The molecule has 0 bridgehead atoms. The first kappa shape index (κ1) is 20.6. The highest BCUT2D eigenvalue weighted by Crippen LogP contribution is 2.34. The highest BCUT2D eigenvalue weighted by molar-refractivity contribution is 6.09. The van der Waals surface area contributed by atoms with Gasteiger partial charge < -0.3 is 14.2 Å². The van der Waals surface area contributed by atoms with Crippen LogP contribution in [-0.2, 0) is 29.2 Å². The molecule has 0 N–H and O–H groups in total. The second kappa shape index (κ2) is 10.4. The van der Waals surface area contributed by atoms with Crippen molar-refractivity contribution in [3.63, 3.8) is 0 Å². The van der Waals surface area contributed by atoms with Crippen LogP contribution in [-0.4, -0.2) is 37.9 Å². The van der Waals surface area contributed by atoms with Crippen molar-refractivity contribution in [2.75, 3.05) is 19.8 Å². The van der Waals surface area contributed by atoms with Gasteiger partial charge in [-0.3, -0.25) is 9.59 Å². The number of carbonyl (C=O) groups is 2. The Kier molecular flexibility index (Phi) is 8.26. The fraction of sp³-hybridized carbons (Fsp3) is 0.619. The molecule has 0 spiro atoms. The minimum Gasteiger partial charge on any atom is -0.465 e. The first-order valence-corrected chi connectivity index (χ1v) is 9.64. The zero-order valence-electron chi connectivity index (χ0n) is 15.9. The molecule has 1 aliphatic heterocycles. The van der Waals surface area contributed by atoms with Crippen LogP contribution in [0.3, 0.4) is 0 Å². The Morgan fingerprint density at radius 3 is 2.58 bits per heavy atom. The molecular weight excluding hydrogens is 332 g/mol. The third kappa shape index (κ3) is 4.92. The van der Waals surface area contributed by atoms with Gasteiger partial charge in [0.1, 0.15) is 0 Å². The van der Waals surface area contributed by atoms with Crippen LogP contribution in [0.15, 0.2) is 30.3 Å². The van der Waals surface area contributed by atoms with Gasteiger partial charge >= 0.3 is 5.97 Å². The van der Waals surface area contributed by atoms with Gasteiger partial charge in [-0.25, -0.2) is 0 Å². The van der Waals surface area contributed by atoms with Crippen molar-refractivity contribution in [1.29, 1.82) is 0 Å². The fourth-order valence-electron chi connectivity index (χ4n) is 3.45. The van der Waals surface area contributed by atoms with E-state index in [1.165, 1.54) is 0 Å². The smallest absolute Gasteiger partial charge is 0.324 e. The molecule has 1 aromatic carbocycles. The summed E-state index contributed by atoms with van der Waals surface area (Å²) in [5.74, 6) is -0.581. The molecule has 0 radical (unpaired) electrons. The quantitative estimate of drug-likeness (QED) is 0.360. The number of esters is 1. The van der Waals surface area contributed by atoms with Gasteiger partial charge in [-0.1, -0.05) is 37.3 Å². The Morgan fingerprint density at radius 2 is 1.96 bits per heavy atom. The normalized spacial score (nSPS) is 19.5. The molecule has 1 fully saturated rings. The number of hydrogen-bond acceptors (Lipinski definition) is 5. The van der Waals surface area contributed by atoms with E-state index >= 15 is 0 Å². The van der Waals surface area contributed by atoms with Crippen LogP contribution in [0.5, 0.6) is 0 Å². The largest absolute Gasteiger partial charge is 0.465 e. The van der Waals surface area contributed by atoms with E-state index < -0.39 is 11.4 Å². The maximum Gasteiger partial charge on any atom is 0.324 e. The molecule has 0 saturated carbocycles. The molecule has 2 atom stereocenters. The monoisotopic (exact) mass is 362 g/mol. The number of ether oxygens (including phenoxy) is 3. The van der Waals surface area contributed by atoms with Crippen molar-refractivity contribution in [2.45, 2.75) is 64.1 Å². The molecule has 1 aliphatic rings. The van der Waals surface area contributed by atoms with E-state index in [1.54, 1.807) is 13.8 Å². The van der Waals surface area contributed by atoms with E-state index in [0.717, 1.165) is 25.9 Å². The van der Waals surface area contributed by atoms with Crippen LogP contribution < -0.4 is 0 Å². The van der Waals surface area contributed by atoms with Crippen molar-refractivity contribution in [3.8, 4) is 0 Å². The highest BCUT2D eigenvalue weighted by Gasteiger charge is 2.47. The second-order valence-electron chi connectivity index (χ2n) is 6.54. The van der Waals surface area contributed by atoms with Crippen LogP contribution in [0.2, 0.25) is 0 Å². The lowest BCUT2D eigenvalue weighted by Crippen LogP contribution is -2.45. The molecule has 1 heterocycles. The van der Waals surface area contributed by atoms with Gasteiger partial charge in [0.25, 0.3) is 0 Å². The molecular formula is C21H30O5. The lowest BCUT2D eigenvalue weighted by atomic mass is 9.72. The summed E-state index contributed by atoms with van der Waals surface area (Å²) in [6.45, 7) is 4.97. The summed E-state index contributed by atoms with van der Waals surface area (Å²) in [6, 6.07) is 9.22. The van der Waals surface area contributed by atoms with Gasteiger partial charge in [-0.15, -0.1) is 0 Å².